The molecule has 0 atom stereocenters. The second-order valence-corrected chi connectivity index (χ2v) is 7.87. The molecule has 2 rings (SSSR count). The summed E-state index contributed by atoms with van der Waals surface area (Å²) in [4.78, 5) is 12.3. The summed E-state index contributed by atoms with van der Waals surface area (Å²) in [6.07, 6.45) is 2.09. The number of hydrogen-bond donors (Lipinski definition) is 1. The molecule has 0 radical (unpaired) electrons. The van der Waals surface area contributed by atoms with Crippen LogP contribution < -0.4 is 5.32 Å². The molecule has 1 heterocycles. The van der Waals surface area contributed by atoms with Crippen LogP contribution in [0, 0.1) is 5.92 Å². The maximum absolute atomic E-state index is 12.3. The van der Waals surface area contributed by atoms with Crippen LogP contribution in [0.1, 0.15) is 32.3 Å². The fourth-order valence-electron chi connectivity index (χ4n) is 2.69. The number of aryl methyl sites for hydroxylation is 1. The van der Waals surface area contributed by atoms with Crippen molar-refractivity contribution in [2.24, 2.45) is 5.92 Å². The molecule has 1 amide bonds. The molecule has 1 aromatic carbocycles. The maximum Gasteiger partial charge on any atom is 0.227 e. The topological polar surface area (TPSA) is 66.5 Å². The largest absolute Gasteiger partial charge is 0.326 e. The van der Waals surface area contributed by atoms with E-state index in [4.69, 9.17) is 0 Å². The minimum atomic E-state index is -3.14. The first-order valence-corrected chi connectivity index (χ1v) is 9.44. The van der Waals surface area contributed by atoms with Crippen molar-refractivity contribution in [2.45, 2.75) is 33.1 Å². The highest BCUT2D eigenvalue weighted by Crippen LogP contribution is 2.22. The normalized spacial score (nSPS) is 17.4. The van der Waals surface area contributed by atoms with Gasteiger partial charge in [-0.15, -0.1) is 0 Å². The van der Waals surface area contributed by atoms with E-state index in [1.54, 1.807) is 6.92 Å². The van der Waals surface area contributed by atoms with Gasteiger partial charge in [0.05, 0.1) is 5.75 Å². The Morgan fingerprint density at radius 2 is 1.95 bits per heavy atom. The SMILES string of the molecule is CCc1cccc(NC(=O)C2CCN(S(=O)(=O)CC)CC2)c1. The zero-order valence-corrected chi connectivity index (χ0v) is 14.0. The van der Waals surface area contributed by atoms with Crippen molar-refractivity contribution in [1.29, 1.82) is 0 Å². The Labute approximate surface area is 132 Å². The van der Waals surface area contributed by atoms with Gasteiger partial charge in [-0.25, -0.2) is 12.7 Å². The predicted molar refractivity (Wildman–Crippen MR) is 88.2 cm³/mol. The lowest BCUT2D eigenvalue weighted by molar-refractivity contribution is -0.120. The number of carbonyl (C=O) groups excluding carboxylic acids is 1. The Hall–Kier alpha value is -1.40. The highest BCUT2D eigenvalue weighted by molar-refractivity contribution is 7.89. The van der Waals surface area contributed by atoms with Crippen LogP contribution in [0.5, 0.6) is 0 Å². The van der Waals surface area contributed by atoms with Crippen molar-refractivity contribution in [3.63, 3.8) is 0 Å². The van der Waals surface area contributed by atoms with Gasteiger partial charge >= 0.3 is 0 Å². The van der Waals surface area contributed by atoms with Crippen LogP contribution in [-0.4, -0.2) is 37.5 Å². The number of hydrogen-bond acceptors (Lipinski definition) is 3. The summed E-state index contributed by atoms with van der Waals surface area (Å²) in [5.74, 6) is -0.0105. The van der Waals surface area contributed by atoms with Gasteiger partial charge in [0, 0.05) is 24.7 Å². The molecular weight excluding hydrogens is 300 g/mol. The van der Waals surface area contributed by atoms with E-state index in [1.807, 2.05) is 24.3 Å². The quantitative estimate of drug-likeness (QED) is 0.903. The lowest BCUT2D eigenvalue weighted by Gasteiger charge is -2.30. The van der Waals surface area contributed by atoms with E-state index in [-0.39, 0.29) is 17.6 Å². The van der Waals surface area contributed by atoms with Crippen LogP contribution in [0.25, 0.3) is 0 Å². The van der Waals surface area contributed by atoms with Gasteiger partial charge in [-0.2, -0.15) is 0 Å². The van der Waals surface area contributed by atoms with Gasteiger partial charge < -0.3 is 5.32 Å². The third-order valence-electron chi connectivity index (χ3n) is 4.19. The molecular formula is C16H24N2O3S. The molecule has 22 heavy (non-hydrogen) atoms. The molecule has 1 aromatic rings. The van der Waals surface area contributed by atoms with Crippen molar-refractivity contribution in [2.75, 3.05) is 24.2 Å². The molecule has 0 saturated carbocycles. The van der Waals surface area contributed by atoms with Crippen molar-refractivity contribution in [1.82, 2.24) is 4.31 Å². The van der Waals surface area contributed by atoms with E-state index in [0.717, 1.165) is 12.1 Å². The molecule has 1 aliphatic heterocycles. The minimum Gasteiger partial charge on any atom is -0.326 e. The zero-order valence-electron chi connectivity index (χ0n) is 13.2. The van der Waals surface area contributed by atoms with Crippen molar-refractivity contribution in [3.8, 4) is 0 Å². The fourth-order valence-corrected chi connectivity index (χ4v) is 3.82. The summed E-state index contributed by atoms with van der Waals surface area (Å²) in [6.45, 7) is 4.59. The Morgan fingerprint density at radius 3 is 2.55 bits per heavy atom. The first kappa shape index (κ1) is 17.0. The van der Waals surface area contributed by atoms with Crippen LogP contribution in [-0.2, 0) is 21.2 Å². The summed E-state index contributed by atoms with van der Waals surface area (Å²) in [5, 5.41) is 2.95. The number of nitrogens with one attached hydrogen (secondary N) is 1. The van der Waals surface area contributed by atoms with Crippen LogP contribution in [0.15, 0.2) is 24.3 Å². The number of amides is 1. The van der Waals surface area contributed by atoms with Crippen LogP contribution in [0.2, 0.25) is 0 Å². The molecule has 1 aliphatic rings. The molecule has 0 aromatic heterocycles. The summed E-state index contributed by atoms with van der Waals surface area (Å²) in [6, 6.07) is 7.83. The van der Waals surface area contributed by atoms with E-state index in [0.29, 0.717) is 25.9 Å². The standard InChI is InChI=1S/C16H24N2O3S/c1-3-13-6-5-7-15(12-13)17-16(19)14-8-10-18(11-9-14)22(20,21)4-2/h5-7,12,14H,3-4,8-11H2,1-2H3,(H,17,19). The van der Waals surface area contributed by atoms with Crippen LogP contribution in [0.4, 0.5) is 5.69 Å². The van der Waals surface area contributed by atoms with Crippen LogP contribution >= 0.6 is 0 Å². The predicted octanol–water partition coefficient (Wildman–Crippen LogP) is 2.25. The second kappa shape index (κ2) is 7.24. The van der Waals surface area contributed by atoms with E-state index < -0.39 is 10.0 Å². The number of carbonyl (C=O) groups is 1. The summed E-state index contributed by atoms with van der Waals surface area (Å²) in [7, 11) is -3.14. The van der Waals surface area contributed by atoms with Gasteiger partial charge in [0.15, 0.2) is 0 Å². The number of sulfonamides is 1. The molecule has 0 bridgehead atoms. The number of piperidine rings is 1. The Kier molecular flexibility index (Phi) is 5.58. The number of rotatable bonds is 5. The lowest BCUT2D eigenvalue weighted by atomic mass is 9.97. The zero-order chi connectivity index (χ0) is 16.2. The van der Waals surface area contributed by atoms with Crippen LogP contribution in [0.3, 0.4) is 0 Å². The maximum atomic E-state index is 12.3. The summed E-state index contributed by atoms with van der Waals surface area (Å²) in [5.41, 5.74) is 2.00. The third-order valence-corrected chi connectivity index (χ3v) is 6.07. The van der Waals surface area contributed by atoms with Gasteiger partial charge in [-0.05, 0) is 43.9 Å². The number of nitrogens with zero attached hydrogens (tertiary/aromatic N) is 1. The third kappa shape index (κ3) is 4.08. The lowest BCUT2D eigenvalue weighted by Crippen LogP contribution is -2.42. The molecule has 1 fully saturated rings. The van der Waals surface area contributed by atoms with Gasteiger partial charge in [0.25, 0.3) is 0 Å². The number of anilines is 1. The Bertz CT molecular complexity index is 620. The molecule has 5 nitrogen and oxygen atoms in total. The molecule has 0 unspecified atom stereocenters. The Morgan fingerprint density at radius 1 is 1.27 bits per heavy atom. The Balaban J connectivity index is 1.92. The first-order chi connectivity index (χ1) is 10.5. The fraction of sp³-hybridized carbons (Fsp3) is 0.562. The minimum absolute atomic E-state index is 0.0122. The van der Waals surface area contributed by atoms with E-state index in [1.165, 1.54) is 9.87 Å². The van der Waals surface area contributed by atoms with E-state index >= 15 is 0 Å². The highest BCUT2D eigenvalue weighted by Gasteiger charge is 2.30. The van der Waals surface area contributed by atoms with Gasteiger partial charge in [-0.3, -0.25) is 4.79 Å². The smallest absolute Gasteiger partial charge is 0.227 e. The average Bonchev–Trinajstić information content (AvgIpc) is 2.55. The molecule has 0 aliphatic carbocycles. The highest BCUT2D eigenvalue weighted by atomic mass is 32.2. The molecule has 6 heteroatoms. The van der Waals surface area contributed by atoms with Crippen molar-refractivity contribution in [3.05, 3.63) is 29.8 Å². The summed E-state index contributed by atoms with van der Waals surface area (Å²) < 4.78 is 25.1. The summed E-state index contributed by atoms with van der Waals surface area (Å²) >= 11 is 0. The molecule has 0 spiro atoms. The number of benzene rings is 1. The monoisotopic (exact) mass is 324 g/mol. The van der Waals surface area contributed by atoms with E-state index in [2.05, 4.69) is 12.2 Å². The average molecular weight is 324 g/mol. The van der Waals surface area contributed by atoms with Gasteiger partial charge in [0.1, 0.15) is 0 Å². The second-order valence-electron chi connectivity index (χ2n) is 5.62. The van der Waals surface area contributed by atoms with E-state index in [9.17, 15) is 13.2 Å². The first-order valence-electron chi connectivity index (χ1n) is 7.84. The van der Waals surface area contributed by atoms with Crippen molar-refractivity contribution < 1.29 is 13.2 Å². The van der Waals surface area contributed by atoms with Crippen molar-refractivity contribution >= 4 is 21.6 Å². The molecule has 122 valence electrons. The van der Waals surface area contributed by atoms with Gasteiger partial charge in [0.2, 0.25) is 15.9 Å². The van der Waals surface area contributed by atoms with Gasteiger partial charge in [-0.1, -0.05) is 19.1 Å². The molecule has 1 N–H and O–H groups in total. The molecule has 1 saturated heterocycles.